The zero-order chi connectivity index (χ0) is 9.26. The van der Waals surface area contributed by atoms with Gasteiger partial charge in [-0.3, -0.25) is 4.79 Å². The van der Waals surface area contributed by atoms with E-state index in [4.69, 9.17) is 0 Å². The van der Waals surface area contributed by atoms with E-state index in [1.807, 2.05) is 18.2 Å². The maximum atomic E-state index is 11.1. The summed E-state index contributed by atoms with van der Waals surface area (Å²) >= 11 is 0. The van der Waals surface area contributed by atoms with Crippen LogP contribution in [-0.4, -0.2) is 13.1 Å². The van der Waals surface area contributed by atoms with Crippen molar-refractivity contribution in [3.05, 3.63) is 35.9 Å². The van der Waals surface area contributed by atoms with Crippen LogP contribution in [0.3, 0.4) is 0 Å². The molecule has 0 aliphatic heterocycles. The fourth-order valence-corrected chi connectivity index (χ4v) is 1.68. The highest BCUT2D eigenvalue weighted by Gasteiger charge is 2.44. The molecular weight excluding hydrogens is 164 g/mol. The number of carbonyl (C=O) groups excluding carboxylic acids is 1. The third-order valence-corrected chi connectivity index (χ3v) is 2.52. The molecule has 0 N–H and O–H groups in total. The van der Waals surface area contributed by atoms with Crippen molar-refractivity contribution in [1.82, 2.24) is 0 Å². The normalized spacial score (nSPS) is 25.3. The zero-order valence-corrected chi connectivity index (χ0v) is 7.57. The van der Waals surface area contributed by atoms with E-state index in [1.54, 1.807) is 0 Å². The Kier molecular flexibility index (Phi) is 2.05. The lowest BCUT2D eigenvalue weighted by molar-refractivity contribution is -0.142. The van der Waals surface area contributed by atoms with Gasteiger partial charge in [0.25, 0.3) is 0 Å². The lowest BCUT2D eigenvalue weighted by Gasteiger charge is -1.98. The van der Waals surface area contributed by atoms with Crippen LogP contribution in [0.25, 0.3) is 0 Å². The van der Waals surface area contributed by atoms with E-state index in [9.17, 15) is 4.79 Å². The Morgan fingerprint density at radius 3 is 2.69 bits per heavy atom. The van der Waals surface area contributed by atoms with Crippen LogP contribution in [0.4, 0.5) is 0 Å². The van der Waals surface area contributed by atoms with Crippen molar-refractivity contribution < 1.29 is 9.53 Å². The SMILES string of the molecule is COC(=O)[C@@H]1CC1c1ccccc1. The van der Waals surface area contributed by atoms with Crippen LogP contribution in [0, 0.1) is 5.92 Å². The molecule has 0 radical (unpaired) electrons. The molecule has 1 fully saturated rings. The van der Waals surface area contributed by atoms with Crippen molar-refractivity contribution in [3.63, 3.8) is 0 Å². The van der Waals surface area contributed by atoms with Gasteiger partial charge in [-0.25, -0.2) is 0 Å². The summed E-state index contributed by atoms with van der Waals surface area (Å²) in [6.45, 7) is 0. The molecule has 1 aromatic carbocycles. The predicted molar refractivity (Wildman–Crippen MR) is 49.3 cm³/mol. The Hall–Kier alpha value is -1.31. The third-order valence-electron chi connectivity index (χ3n) is 2.52. The third kappa shape index (κ3) is 1.57. The van der Waals surface area contributed by atoms with Crippen LogP contribution in [0.15, 0.2) is 30.3 Å². The highest BCUT2D eigenvalue weighted by Crippen LogP contribution is 2.47. The Balaban J connectivity index is 2.04. The Labute approximate surface area is 77.5 Å². The molecule has 2 nitrogen and oxygen atoms in total. The smallest absolute Gasteiger partial charge is 0.309 e. The van der Waals surface area contributed by atoms with Gasteiger partial charge in [0.15, 0.2) is 0 Å². The maximum Gasteiger partial charge on any atom is 0.309 e. The summed E-state index contributed by atoms with van der Waals surface area (Å²) in [6.07, 6.45) is 0.941. The minimum atomic E-state index is -0.0751. The molecule has 2 heteroatoms. The van der Waals surface area contributed by atoms with Gasteiger partial charge in [0.2, 0.25) is 0 Å². The minimum absolute atomic E-state index is 0.0751. The van der Waals surface area contributed by atoms with E-state index in [0.29, 0.717) is 5.92 Å². The van der Waals surface area contributed by atoms with E-state index in [0.717, 1.165) is 6.42 Å². The first-order chi connectivity index (χ1) is 6.33. The van der Waals surface area contributed by atoms with Gasteiger partial charge in [-0.15, -0.1) is 0 Å². The summed E-state index contributed by atoms with van der Waals surface area (Å²) in [7, 11) is 1.45. The zero-order valence-electron chi connectivity index (χ0n) is 7.57. The standard InChI is InChI=1S/C11H12O2/c1-13-11(12)10-7-9(10)8-5-3-2-4-6-8/h2-6,9-10H,7H2,1H3/t9?,10-/m1/s1. The second-order valence-electron chi connectivity index (χ2n) is 3.38. The molecule has 2 atom stereocenters. The largest absolute Gasteiger partial charge is 0.469 e. The van der Waals surface area contributed by atoms with E-state index >= 15 is 0 Å². The van der Waals surface area contributed by atoms with Gasteiger partial charge in [0, 0.05) is 0 Å². The van der Waals surface area contributed by atoms with Crippen LogP contribution in [0.5, 0.6) is 0 Å². The summed E-state index contributed by atoms with van der Waals surface area (Å²) < 4.78 is 4.69. The fraction of sp³-hybridized carbons (Fsp3) is 0.364. The van der Waals surface area contributed by atoms with Crippen molar-refractivity contribution >= 4 is 5.97 Å². The van der Waals surface area contributed by atoms with Crippen LogP contribution < -0.4 is 0 Å². The molecule has 0 spiro atoms. The minimum Gasteiger partial charge on any atom is -0.469 e. The molecule has 0 bridgehead atoms. The highest BCUT2D eigenvalue weighted by atomic mass is 16.5. The number of hydrogen-bond donors (Lipinski definition) is 0. The van der Waals surface area contributed by atoms with E-state index < -0.39 is 0 Å². The van der Waals surface area contributed by atoms with Gasteiger partial charge in [0.05, 0.1) is 13.0 Å². The Bertz CT molecular complexity index is 305. The van der Waals surface area contributed by atoms with E-state index in [2.05, 4.69) is 16.9 Å². The van der Waals surface area contributed by atoms with Gasteiger partial charge in [0.1, 0.15) is 0 Å². The van der Waals surface area contributed by atoms with Crippen molar-refractivity contribution in [2.75, 3.05) is 7.11 Å². The number of esters is 1. The molecule has 0 heterocycles. The summed E-state index contributed by atoms with van der Waals surface area (Å²) in [6, 6.07) is 10.1. The summed E-state index contributed by atoms with van der Waals surface area (Å²) in [5, 5.41) is 0. The van der Waals surface area contributed by atoms with Crippen molar-refractivity contribution in [1.29, 1.82) is 0 Å². The topological polar surface area (TPSA) is 26.3 Å². The molecule has 1 aliphatic rings. The number of hydrogen-bond acceptors (Lipinski definition) is 2. The van der Waals surface area contributed by atoms with Crippen LogP contribution in [-0.2, 0) is 9.53 Å². The molecule has 1 saturated carbocycles. The Morgan fingerprint density at radius 1 is 1.38 bits per heavy atom. The van der Waals surface area contributed by atoms with Crippen LogP contribution in [0.1, 0.15) is 17.9 Å². The molecule has 1 aliphatic carbocycles. The second-order valence-corrected chi connectivity index (χ2v) is 3.38. The van der Waals surface area contributed by atoms with Crippen molar-refractivity contribution in [3.8, 4) is 0 Å². The van der Waals surface area contributed by atoms with Crippen molar-refractivity contribution in [2.45, 2.75) is 12.3 Å². The van der Waals surface area contributed by atoms with Crippen LogP contribution >= 0.6 is 0 Å². The summed E-state index contributed by atoms with van der Waals surface area (Å²) in [4.78, 5) is 11.1. The first-order valence-electron chi connectivity index (χ1n) is 4.45. The summed E-state index contributed by atoms with van der Waals surface area (Å²) in [5.41, 5.74) is 1.25. The number of ether oxygens (including phenoxy) is 1. The molecule has 1 unspecified atom stereocenters. The molecule has 2 rings (SSSR count). The number of benzene rings is 1. The van der Waals surface area contributed by atoms with Gasteiger partial charge >= 0.3 is 5.97 Å². The molecule has 68 valence electrons. The number of methoxy groups -OCH3 is 1. The van der Waals surface area contributed by atoms with Gasteiger partial charge in [-0.1, -0.05) is 30.3 Å². The maximum absolute atomic E-state index is 11.1. The molecular formula is C11H12O2. The lowest BCUT2D eigenvalue weighted by atomic mass is 10.1. The van der Waals surface area contributed by atoms with E-state index in [1.165, 1.54) is 12.7 Å². The second kappa shape index (κ2) is 3.21. The fourth-order valence-electron chi connectivity index (χ4n) is 1.68. The van der Waals surface area contributed by atoms with E-state index in [-0.39, 0.29) is 11.9 Å². The summed E-state index contributed by atoms with van der Waals surface area (Å²) in [5.74, 6) is 0.426. The van der Waals surface area contributed by atoms with Gasteiger partial charge < -0.3 is 4.74 Å². The molecule has 0 saturated heterocycles. The molecule has 0 amide bonds. The number of carbonyl (C=O) groups is 1. The first-order valence-corrected chi connectivity index (χ1v) is 4.45. The average molecular weight is 176 g/mol. The predicted octanol–water partition coefficient (Wildman–Crippen LogP) is 1.96. The average Bonchev–Trinajstić information content (AvgIpc) is 2.98. The molecule has 1 aromatic rings. The monoisotopic (exact) mass is 176 g/mol. The quantitative estimate of drug-likeness (QED) is 0.644. The van der Waals surface area contributed by atoms with Crippen LogP contribution in [0.2, 0.25) is 0 Å². The Morgan fingerprint density at radius 2 is 2.08 bits per heavy atom. The lowest BCUT2D eigenvalue weighted by Crippen LogP contribution is -2.03. The van der Waals surface area contributed by atoms with Gasteiger partial charge in [-0.05, 0) is 17.9 Å². The number of rotatable bonds is 2. The van der Waals surface area contributed by atoms with Gasteiger partial charge in [-0.2, -0.15) is 0 Å². The highest BCUT2D eigenvalue weighted by molar-refractivity contribution is 5.77. The molecule has 13 heavy (non-hydrogen) atoms. The first kappa shape index (κ1) is 8.30. The molecule has 0 aromatic heterocycles. The van der Waals surface area contributed by atoms with Crippen molar-refractivity contribution in [2.24, 2.45) is 5.92 Å².